The van der Waals surface area contributed by atoms with E-state index in [9.17, 15) is 9.90 Å². The summed E-state index contributed by atoms with van der Waals surface area (Å²) >= 11 is 0. The number of para-hydroxylation sites is 1. The Morgan fingerprint density at radius 3 is 2.90 bits per heavy atom. The summed E-state index contributed by atoms with van der Waals surface area (Å²) in [5, 5.41) is 14.2. The largest absolute Gasteiger partial charge is 0.508 e. The SMILES string of the molecule is Cc1cccc2c(CCNC(=O)CCC[C@H]3CC(F)(F)[C@@]4(C)CC[C@@H]5c6ccc(O)cc6CC[C@H]5[C@H]34)c[nH]c12. The zero-order valence-corrected chi connectivity index (χ0v) is 23.0. The lowest BCUT2D eigenvalue weighted by Crippen LogP contribution is -2.47. The van der Waals surface area contributed by atoms with E-state index in [0.29, 0.717) is 38.1 Å². The Morgan fingerprint density at radius 1 is 1.21 bits per heavy atom. The van der Waals surface area contributed by atoms with Crippen LogP contribution in [-0.2, 0) is 17.6 Å². The van der Waals surface area contributed by atoms with Crippen LogP contribution in [0.15, 0.2) is 42.6 Å². The van der Waals surface area contributed by atoms with Crippen molar-refractivity contribution in [3.8, 4) is 5.75 Å². The molecule has 1 heterocycles. The molecular weight excluding hydrogens is 494 g/mol. The number of carbonyl (C=O) groups excluding carboxylic acids is 1. The molecule has 208 valence electrons. The number of hydrogen-bond acceptors (Lipinski definition) is 2. The Labute approximate surface area is 229 Å². The maximum Gasteiger partial charge on any atom is 0.253 e. The fourth-order valence-electron chi connectivity index (χ4n) is 8.61. The topological polar surface area (TPSA) is 65.1 Å². The molecule has 3 aromatic rings. The van der Waals surface area contributed by atoms with Crippen LogP contribution in [-0.4, -0.2) is 28.5 Å². The van der Waals surface area contributed by atoms with Gasteiger partial charge in [0.25, 0.3) is 5.92 Å². The lowest BCUT2D eigenvalue weighted by atomic mass is 9.53. The summed E-state index contributed by atoms with van der Waals surface area (Å²) in [6.07, 6.45) is 7.50. The maximum atomic E-state index is 15.5. The molecule has 0 saturated heterocycles. The normalized spacial score (nSPS) is 29.0. The van der Waals surface area contributed by atoms with E-state index in [1.165, 1.54) is 27.6 Å². The van der Waals surface area contributed by atoms with Crippen molar-refractivity contribution in [1.82, 2.24) is 10.3 Å². The van der Waals surface area contributed by atoms with Gasteiger partial charge in [-0.3, -0.25) is 4.79 Å². The number of rotatable bonds is 7. The average Bonchev–Trinajstić information content (AvgIpc) is 3.40. The van der Waals surface area contributed by atoms with Crippen molar-refractivity contribution < 1.29 is 18.7 Å². The van der Waals surface area contributed by atoms with Crippen molar-refractivity contribution in [2.24, 2.45) is 23.2 Å². The van der Waals surface area contributed by atoms with Crippen molar-refractivity contribution in [2.45, 2.75) is 83.5 Å². The molecule has 2 fully saturated rings. The van der Waals surface area contributed by atoms with Gasteiger partial charge < -0.3 is 15.4 Å². The number of aryl methyl sites for hydroxylation is 2. The zero-order valence-electron chi connectivity index (χ0n) is 23.0. The van der Waals surface area contributed by atoms with E-state index in [-0.39, 0.29) is 35.8 Å². The molecule has 1 aromatic heterocycles. The molecule has 0 bridgehead atoms. The lowest BCUT2D eigenvalue weighted by molar-refractivity contribution is -0.133. The first-order valence-electron chi connectivity index (χ1n) is 14.7. The van der Waals surface area contributed by atoms with Crippen LogP contribution in [0.1, 0.15) is 80.0 Å². The van der Waals surface area contributed by atoms with Gasteiger partial charge in [-0.15, -0.1) is 0 Å². The first kappa shape index (κ1) is 26.3. The van der Waals surface area contributed by atoms with Gasteiger partial charge in [0.15, 0.2) is 0 Å². The highest BCUT2D eigenvalue weighted by atomic mass is 19.3. The quantitative estimate of drug-likeness (QED) is 0.295. The number of aromatic hydroxyl groups is 1. The fourth-order valence-corrected chi connectivity index (χ4v) is 8.61. The van der Waals surface area contributed by atoms with Crippen LogP contribution < -0.4 is 5.32 Å². The first-order valence-corrected chi connectivity index (χ1v) is 14.7. The molecule has 1 amide bonds. The smallest absolute Gasteiger partial charge is 0.253 e. The molecule has 39 heavy (non-hydrogen) atoms. The molecule has 4 nitrogen and oxygen atoms in total. The number of phenols is 1. The summed E-state index contributed by atoms with van der Waals surface area (Å²) in [6, 6.07) is 11.9. The molecule has 0 aliphatic heterocycles. The third-order valence-electron chi connectivity index (χ3n) is 10.5. The number of nitrogens with one attached hydrogen (secondary N) is 2. The Morgan fingerprint density at radius 2 is 2.05 bits per heavy atom. The highest BCUT2D eigenvalue weighted by Crippen LogP contribution is 2.68. The molecule has 2 aromatic carbocycles. The van der Waals surface area contributed by atoms with Gasteiger partial charge in [0.1, 0.15) is 5.75 Å². The highest BCUT2D eigenvalue weighted by Gasteiger charge is 2.67. The first-order chi connectivity index (χ1) is 18.7. The van der Waals surface area contributed by atoms with Crippen LogP contribution in [0, 0.1) is 30.1 Å². The second-order valence-corrected chi connectivity index (χ2v) is 12.6. The number of halogens is 2. The van der Waals surface area contributed by atoms with Crippen LogP contribution in [0.3, 0.4) is 0 Å². The highest BCUT2D eigenvalue weighted by molar-refractivity contribution is 5.86. The van der Waals surface area contributed by atoms with Crippen molar-refractivity contribution in [3.05, 3.63) is 64.8 Å². The van der Waals surface area contributed by atoms with Gasteiger partial charge in [0, 0.05) is 41.9 Å². The fraction of sp³-hybridized carbons (Fsp3) is 0.545. The van der Waals surface area contributed by atoms with Crippen molar-refractivity contribution in [2.75, 3.05) is 6.54 Å². The van der Waals surface area contributed by atoms with Crippen LogP contribution in [0.5, 0.6) is 5.75 Å². The van der Waals surface area contributed by atoms with Gasteiger partial charge in [0.2, 0.25) is 5.91 Å². The number of aromatic nitrogens is 1. The molecule has 2 saturated carbocycles. The molecule has 6 heteroatoms. The number of benzene rings is 2. The van der Waals surface area contributed by atoms with E-state index in [0.717, 1.165) is 31.2 Å². The van der Waals surface area contributed by atoms with Crippen molar-refractivity contribution in [3.63, 3.8) is 0 Å². The Kier molecular flexibility index (Phi) is 6.71. The number of alkyl halides is 2. The third kappa shape index (κ3) is 4.54. The molecular formula is C33H40F2N2O2. The molecule has 5 atom stereocenters. The second-order valence-electron chi connectivity index (χ2n) is 12.6. The predicted octanol–water partition coefficient (Wildman–Crippen LogP) is 7.43. The van der Waals surface area contributed by atoms with E-state index in [1.807, 2.05) is 25.3 Å². The van der Waals surface area contributed by atoms with Gasteiger partial charge in [-0.05, 0) is 110 Å². The number of H-pyrrole nitrogens is 1. The summed E-state index contributed by atoms with van der Waals surface area (Å²) in [6.45, 7) is 4.49. The minimum Gasteiger partial charge on any atom is -0.508 e. The summed E-state index contributed by atoms with van der Waals surface area (Å²) in [7, 11) is 0. The molecule has 0 spiro atoms. The van der Waals surface area contributed by atoms with Crippen LogP contribution in [0.2, 0.25) is 0 Å². The van der Waals surface area contributed by atoms with E-state index >= 15 is 8.78 Å². The number of hydrogen-bond donors (Lipinski definition) is 3. The minimum absolute atomic E-state index is 0.00598. The van der Waals surface area contributed by atoms with E-state index in [4.69, 9.17) is 0 Å². The van der Waals surface area contributed by atoms with Crippen LogP contribution in [0.4, 0.5) is 8.78 Å². The van der Waals surface area contributed by atoms with Gasteiger partial charge in [-0.2, -0.15) is 0 Å². The minimum atomic E-state index is -2.66. The van der Waals surface area contributed by atoms with Gasteiger partial charge >= 0.3 is 0 Å². The van der Waals surface area contributed by atoms with Gasteiger partial charge in [-0.25, -0.2) is 8.78 Å². The molecule has 0 unspecified atom stereocenters. The van der Waals surface area contributed by atoms with E-state index in [2.05, 4.69) is 35.4 Å². The van der Waals surface area contributed by atoms with Crippen molar-refractivity contribution >= 4 is 16.8 Å². The Bertz CT molecular complexity index is 1380. The van der Waals surface area contributed by atoms with Crippen LogP contribution >= 0.6 is 0 Å². The number of fused-ring (bicyclic) bond motifs is 6. The molecule has 3 aliphatic carbocycles. The average molecular weight is 535 g/mol. The molecule has 3 N–H and O–H groups in total. The van der Waals surface area contributed by atoms with Gasteiger partial charge in [0.05, 0.1) is 0 Å². The predicted molar refractivity (Wildman–Crippen MR) is 150 cm³/mol. The number of amides is 1. The maximum absolute atomic E-state index is 15.5. The zero-order chi connectivity index (χ0) is 27.4. The Balaban J connectivity index is 1.07. The summed E-state index contributed by atoms with van der Waals surface area (Å²) in [5.74, 6) is -1.92. The molecule has 6 rings (SSSR count). The summed E-state index contributed by atoms with van der Waals surface area (Å²) in [5.41, 5.74) is 5.01. The lowest BCUT2D eigenvalue weighted by Gasteiger charge is -2.51. The molecule has 0 radical (unpaired) electrons. The summed E-state index contributed by atoms with van der Waals surface area (Å²) in [4.78, 5) is 16.0. The third-order valence-corrected chi connectivity index (χ3v) is 10.5. The number of carbonyl (C=O) groups is 1. The van der Waals surface area contributed by atoms with Gasteiger partial charge in [-0.1, -0.05) is 31.2 Å². The van der Waals surface area contributed by atoms with Crippen LogP contribution in [0.25, 0.3) is 10.9 Å². The number of phenolic OH excluding ortho intramolecular Hbond substituents is 1. The number of aromatic amines is 1. The monoisotopic (exact) mass is 534 g/mol. The molecule has 3 aliphatic rings. The Hall–Kier alpha value is -2.89. The van der Waals surface area contributed by atoms with E-state index < -0.39 is 11.3 Å². The standard InChI is InChI=1S/C33H40F2N2O2/c1-20-5-3-7-26-23(19-37-31(20)26)14-16-36-29(39)8-4-6-22-18-33(34,35)32(2)15-13-27-25-12-10-24(38)17-21(25)9-11-28(27)30(22)32/h3,5,7,10,12,17,19,22,27-28,30,37-38H,4,6,8-9,11,13-16,18H2,1-2H3,(H,36,39)/t22-,27+,28+,30-,32-/m0/s1. The van der Waals surface area contributed by atoms with Crippen molar-refractivity contribution in [1.29, 1.82) is 0 Å². The summed E-state index contributed by atoms with van der Waals surface area (Å²) < 4.78 is 31.1. The second kappa shape index (κ2) is 9.94. The van der Waals surface area contributed by atoms with E-state index in [1.54, 1.807) is 6.07 Å².